The lowest BCUT2D eigenvalue weighted by molar-refractivity contribution is 0.411. The maximum atomic E-state index is 11.6. The van der Waals surface area contributed by atoms with Gasteiger partial charge in [-0.2, -0.15) is 0 Å². The number of ether oxygens (including phenoxy) is 1. The van der Waals surface area contributed by atoms with E-state index < -0.39 is 9.84 Å². The molecule has 0 spiro atoms. The summed E-state index contributed by atoms with van der Waals surface area (Å²) >= 11 is 0. The molecular weight excluding hydrogens is 453 g/mol. The third kappa shape index (κ3) is 6.32. The highest BCUT2D eigenvalue weighted by Gasteiger charge is 2.29. The van der Waals surface area contributed by atoms with Gasteiger partial charge in [0.2, 0.25) is 0 Å². The van der Waals surface area contributed by atoms with Gasteiger partial charge in [-0.3, -0.25) is 4.99 Å². The molecule has 0 radical (unpaired) electrons. The van der Waals surface area contributed by atoms with Crippen LogP contribution in [0.1, 0.15) is 25.8 Å². The molecule has 1 atom stereocenters. The lowest BCUT2D eigenvalue weighted by Gasteiger charge is -2.27. The first kappa shape index (κ1) is 22.0. The van der Waals surface area contributed by atoms with Gasteiger partial charge in [-0.15, -0.1) is 24.0 Å². The molecule has 6 nitrogen and oxygen atoms in total. The van der Waals surface area contributed by atoms with Crippen molar-refractivity contribution < 1.29 is 13.2 Å². The maximum absolute atomic E-state index is 11.6. The number of nitrogens with zero attached hydrogens (tertiary/aromatic N) is 1. The predicted molar refractivity (Wildman–Crippen MR) is 113 cm³/mol. The number of hydrogen-bond donors (Lipinski definition) is 2. The van der Waals surface area contributed by atoms with Crippen molar-refractivity contribution in [1.82, 2.24) is 10.6 Å². The zero-order chi connectivity index (χ0) is 17.8. The van der Waals surface area contributed by atoms with Crippen molar-refractivity contribution in [3.05, 3.63) is 29.8 Å². The molecule has 0 aromatic heterocycles. The summed E-state index contributed by atoms with van der Waals surface area (Å²) < 4.78 is 28.4. The average molecular weight is 481 g/mol. The summed E-state index contributed by atoms with van der Waals surface area (Å²) in [6.07, 6.45) is 0.627. The predicted octanol–water partition coefficient (Wildman–Crippen LogP) is 1.94. The van der Waals surface area contributed by atoms with Crippen LogP contribution in [0.15, 0.2) is 29.3 Å². The molecule has 1 saturated heterocycles. The van der Waals surface area contributed by atoms with Gasteiger partial charge in [0.1, 0.15) is 5.75 Å². The van der Waals surface area contributed by atoms with E-state index >= 15 is 0 Å². The Morgan fingerprint density at radius 1 is 1.40 bits per heavy atom. The van der Waals surface area contributed by atoms with Crippen LogP contribution in [0.4, 0.5) is 0 Å². The van der Waals surface area contributed by atoms with E-state index in [1.54, 1.807) is 14.2 Å². The zero-order valence-electron chi connectivity index (χ0n) is 15.2. The Morgan fingerprint density at radius 2 is 2.12 bits per heavy atom. The molecular formula is C17H28IN3O3S. The molecule has 1 aliphatic rings. The van der Waals surface area contributed by atoms with Crippen molar-refractivity contribution in [1.29, 1.82) is 0 Å². The number of guanidine groups is 1. The zero-order valence-corrected chi connectivity index (χ0v) is 18.4. The molecule has 8 heteroatoms. The Kier molecular flexibility index (Phi) is 7.98. The summed E-state index contributed by atoms with van der Waals surface area (Å²) in [5, 5.41) is 6.51. The van der Waals surface area contributed by atoms with Gasteiger partial charge in [0, 0.05) is 25.0 Å². The van der Waals surface area contributed by atoms with Gasteiger partial charge in [0.05, 0.1) is 18.6 Å². The first-order chi connectivity index (χ1) is 11.3. The summed E-state index contributed by atoms with van der Waals surface area (Å²) in [6.45, 7) is 4.95. The summed E-state index contributed by atoms with van der Waals surface area (Å²) in [5.41, 5.74) is 1.03. The van der Waals surface area contributed by atoms with E-state index in [0.717, 1.165) is 11.3 Å². The van der Waals surface area contributed by atoms with Crippen LogP contribution in [0.25, 0.3) is 0 Å². The minimum absolute atomic E-state index is 0. The SMILES string of the molecule is CN=C(NCC(C)(C)c1cccc(OC)c1)NC1CCS(=O)(=O)C1.I. The number of sulfone groups is 1. The fourth-order valence-electron chi connectivity index (χ4n) is 2.75. The van der Waals surface area contributed by atoms with Gasteiger partial charge in [0.15, 0.2) is 15.8 Å². The molecule has 0 aliphatic carbocycles. The van der Waals surface area contributed by atoms with Crippen molar-refractivity contribution in [3.8, 4) is 5.75 Å². The second-order valence-corrected chi connectivity index (χ2v) is 9.01. The number of benzene rings is 1. The number of hydrogen-bond acceptors (Lipinski definition) is 4. The smallest absolute Gasteiger partial charge is 0.191 e. The Balaban J connectivity index is 0.00000312. The van der Waals surface area contributed by atoms with E-state index in [0.29, 0.717) is 18.9 Å². The minimum atomic E-state index is -2.90. The number of rotatable bonds is 5. The standard InChI is InChI=1S/C17H27N3O3S.HI/c1-17(2,13-6-5-7-15(10-13)23-4)12-19-16(18-3)20-14-8-9-24(21,22)11-14;/h5-7,10,14H,8-9,11-12H2,1-4H3,(H2,18,19,20);1H. The van der Waals surface area contributed by atoms with Crippen molar-refractivity contribution in [2.45, 2.75) is 31.7 Å². The van der Waals surface area contributed by atoms with Crippen molar-refractivity contribution in [2.75, 3.05) is 32.2 Å². The largest absolute Gasteiger partial charge is 0.497 e. The summed E-state index contributed by atoms with van der Waals surface area (Å²) in [7, 11) is 0.448. The maximum Gasteiger partial charge on any atom is 0.191 e. The van der Waals surface area contributed by atoms with Crippen molar-refractivity contribution in [2.24, 2.45) is 4.99 Å². The Morgan fingerprint density at radius 3 is 2.68 bits per heavy atom. The highest BCUT2D eigenvalue weighted by atomic mass is 127. The average Bonchev–Trinajstić information content (AvgIpc) is 2.90. The van der Waals surface area contributed by atoms with E-state index in [1.165, 1.54) is 0 Å². The van der Waals surface area contributed by atoms with Crippen molar-refractivity contribution >= 4 is 39.8 Å². The van der Waals surface area contributed by atoms with Crippen LogP contribution in [0.2, 0.25) is 0 Å². The third-order valence-electron chi connectivity index (χ3n) is 4.35. The lowest BCUT2D eigenvalue weighted by Crippen LogP contribution is -2.47. The highest BCUT2D eigenvalue weighted by molar-refractivity contribution is 14.0. The summed E-state index contributed by atoms with van der Waals surface area (Å²) in [5.74, 6) is 1.89. The van der Waals surface area contributed by atoms with Crippen LogP contribution in [0.5, 0.6) is 5.75 Å². The molecule has 1 heterocycles. The second kappa shape index (κ2) is 9.07. The molecule has 25 heavy (non-hydrogen) atoms. The summed E-state index contributed by atoms with van der Waals surface area (Å²) in [4.78, 5) is 4.20. The molecule has 0 amide bonds. The first-order valence-electron chi connectivity index (χ1n) is 8.08. The van der Waals surface area contributed by atoms with Gasteiger partial charge >= 0.3 is 0 Å². The fraction of sp³-hybridized carbons (Fsp3) is 0.588. The van der Waals surface area contributed by atoms with E-state index in [2.05, 4.69) is 35.5 Å². The topological polar surface area (TPSA) is 79.8 Å². The van der Waals surface area contributed by atoms with Crippen LogP contribution >= 0.6 is 24.0 Å². The Labute approximate surface area is 167 Å². The number of methoxy groups -OCH3 is 1. The van der Waals surface area contributed by atoms with Crippen molar-refractivity contribution in [3.63, 3.8) is 0 Å². The van der Waals surface area contributed by atoms with Crippen LogP contribution in [0.3, 0.4) is 0 Å². The molecule has 1 aromatic carbocycles. The Hall–Kier alpha value is -1.03. The Bertz CT molecular complexity index is 705. The molecule has 1 aliphatic heterocycles. The van der Waals surface area contributed by atoms with Gasteiger partial charge < -0.3 is 15.4 Å². The van der Waals surface area contributed by atoms with Crippen LogP contribution in [-0.2, 0) is 15.3 Å². The van der Waals surface area contributed by atoms with E-state index in [4.69, 9.17) is 4.74 Å². The lowest BCUT2D eigenvalue weighted by atomic mass is 9.84. The van der Waals surface area contributed by atoms with Crippen LogP contribution < -0.4 is 15.4 Å². The van der Waals surface area contributed by atoms with E-state index in [-0.39, 0.29) is 46.9 Å². The monoisotopic (exact) mass is 481 g/mol. The summed E-state index contributed by atoms with van der Waals surface area (Å²) in [6, 6.07) is 7.94. The van der Waals surface area contributed by atoms with E-state index in [9.17, 15) is 8.42 Å². The highest BCUT2D eigenvalue weighted by Crippen LogP contribution is 2.25. The molecule has 142 valence electrons. The van der Waals surface area contributed by atoms with E-state index in [1.807, 2.05) is 18.2 Å². The van der Waals surface area contributed by atoms with Gasteiger partial charge in [-0.05, 0) is 24.1 Å². The van der Waals surface area contributed by atoms with Crippen LogP contribution in [0, 0.1) is 0 Å². The molecule has 1 unspecified atom stereocenters. The number of halogens is 1. The second-order valence-electron chi connectivity index (χ2n) is 6.79. The molecule has 0 bridgehead atoms. The van der Waals surface area contributed by atoms with Gasteiger partial charge in [-0.25, -0.2) is 8.42 Å². The third-order valence-corrected chi connectivity index (χ3v) is 6.11. The number of nitrogens with one attached hydrogen (secondary N) is 2. The minimum Gasteiger partial charge on any atom is -0.497 e. The van der Waals surface area contributed by atoms with Gasteiger partial charge in [-0.1, -0.05) is 26.0 Å². The quantitative estimate of drug-likeness (QED) is 0.382. The molecule has 2 N–H and O–H groups in total. The molecule has 1 aromatic rings. The van der Waals surface area contributed by atoms with Gasteiger partial charge in [0.25, 0.3) is 0 Å². The first-order valence-corrected chi connectivity index (χ1v) is 9.90. The molecule has 0 saturated carbocycles. The molecule has 1 fully saturated rings. The molecule has 2 rings (SSSR count). The number of aliphatic imine (C=N–C) groups is 1. The van der Waals surface area contributed by atoms with Crippen LogP contribution in [-0.4, -0.2) is 52.6 Å². The fourth-order valence-corrected chi connectivity index (χ4v) is 4.42. The normalized spacial score (nSPS) is 19.8.